The molecule has 0 radical (unpaired) electrons. The van der Waals surface area contributed by atoms with Crippen LogP contribution in [0.5, 0.6) is 11.5 Å². The van der Waals surface area contributed by atoms with Crippen molar-refractivity contribution in [3.05, 3.63) is 23.8 Å². The van der Waals surface area contributed by atoms with Gasteiger partial charge in [0.1, 0.15) is 0 Å². The molecule has 0 saturated heterocycles. The number of carboxylic acids is 1. The summed E-state index contributed by atoms with van der Waals surface area (Å²) in [7, 11) is 1.47. The molecule has 7 nitrogen and oxygen atoms in total. The number of rotatable bonds is 8. The number of carboxylic acid groups (broad SMARTS) is 1. The van der Waals surface area contributed by atoms with E-state index in [1.165, 1.54) is 13.2 Å². The number of amides is 1. The SMILES string of the molecule is COc1cc(C(=O)NCC(C)(O)C(=O)O)ccc1OCC(C)C. The summed E-state index contributed by atoms with van der Waals surface area (Å²) in [5.74, 6) is -0.646. The van der Waals surface area contributed by atoms with E-state index in [2.05, 4.69) is 5.32 Å². The summed E-state index contributed by atoms with van der Waals surface area (Å²) < 4.78 is 10.8. The molecule has 1 aromatic rings. The van der Waals surface area contributed by atoms with Gasteiger partial charge in [-0.05, 0) is 31.0 Å². The van der Waals surface area contributed by atoms with E-state index in [1.807, 2.05) is 13.8 Å². The van der Waals surface area contributed by atoms with E-state index < -0.39 is 24.0 Å². The summed E-state index contributed by atoms with van der Waals surface area (Å²) in [5.41, 5.74) is -1.75. The summed E-state index contributed by atoms with van der Waals surface area (Å²) in [6, 6.07) is 4.66. The fourth-order valence-corrected chi connectivity index (χ4v) is 1.61. The summed E-state index contributed by atoms with van der Waals surface area (Å²) >= 11 is 0. The number of ether oxygens (including phenoxy) is 2. The highest BCUT2D eigenvalue weighted by molar-refractivity contribution is 5.95. The van der Waals surface area contributed by atoms with Crippen molar-refractivity contribution in [1.82, 2.24) is 5.32 Å². The first-order chi connectivity index (χ1) is 10.7. The first-order valence-corrected chi connectivity index (χ1v) is 7.22. The zero-order valence-corrected chi connectivity index (χ0v) is 13.8. The Morgan fingerprint density at radius 1 is 1.30 bits per heavy atom. The van der Waals surface area contributed by atoms with E-state index in [9.17, 15) is 14.7 Å². The van der Waals surface area contributed by atoms with Crippen LogP contribution in [0.1, 0.15) is 31.1 Å². The Morgan fingerprint density at radius 2 is 1.96 bits per heavy atom. The minimum atomic E-state index is -2.03. The molecular weight excluding hydrogens is 302 g/mol. The van der Waals surface area contributed by atoms with Crippen LogP contribution < -0.4 is 14.8 Å². The van der Waals surface area contributed by atoms with Gasteiger partial charge in [-0.25, -0.2) is 4.79 Å². The van der Waals surface area contributed by atoms with Crippen LogP contribution in [-0.4, -0.2) is 48.0 Å². The van der Waals surface area contributed by atoms with Crippen molar-refractivity contribution >= 4 is 11.9 Å². The molecule has 0 aromatic heterocycles. The van der Waals surface area contributed by atoms with Gasteiger partial charge in [-0.1, -0.05) is 13.8 Å². The molecule has 0 fully saturated rings. The Balaban J connectivity index is 2.80. The molecule has 23 heavy (non-hydrogen) atoms. The molecular formula is C16H23NO6. The van der Waals surface area contributed by atoms with Crippen LogP contribution >= 0.6 is 0 Å². The monoisotopic (exact) mass is 325 g/mol. The molecule has 3 N–H and O–H groups in total. The maximum atomic E-state index is 12.0. The van der Waals surface area contributed by atoms with Gasteiger partial charge in [0.05, 0.1) is 20.3 Å². The molecule has 7 heteroatoms. The summed E-state index contributed by atoms with van der Waals surface area (Å²) in [5, 5.41) is 20.8. The summed E-state index contributed by atoms with van der Waals surface area (Å²) in [4.78, 5) is 22.9. The third-order valence-electron chi connectivity index (χ3n) is 3.05. The lowest BCUT2D eigenvalue weighted by atomic mass is 10.1. The minimum Gasteiger partial charge on any atom is -0.493 e. The van der Waals surface area contributed by atoms with Gasteiger partial charge < -0.3 is 25.0 Å². The molecule has 1 unspecified atom stereocenters. The van der Waals surface area contributed by atoms with Gasteiger partial charge in [0.15, 0.2) is 17.1 Å². The Bertz CT molecular complexity index is 568. The molecule has 0 aliphatic carbocycles. The first kappa shape index (κ1) is 18.8. The first-order valence-electron chi connectivity index (χ1n) is 7.22. The number of hydrogen-bond donors (Lipinski definition) is 3. The smallest absolute Gasteiger partial charge is 0.337 e. The zero-order valence-electron chi connectivity index (χ0n) is 13.8. The maximum Gasteiger partial charge on any atom is 0.337 e. The molecule has 0 heterocycles. The Kier molecular flexibility index (Phi) is 6.38. The number of carbonyl (C=O) groups is 2. The van der Waals surface area contributed by atoms with Crippen LogP contribution in [0.15, 0.2) is 18.2 Å². The van der Waals surface area contributed by atoms with Crippen LogP contribution in [0.2, 0.25) is 0 Å². The van der Waals surface area contributed by atoms with Crippen LogP contribution in [0.4, 0.5) is 0 Å². The van der Waals surface area contributed by atoms with Crippen molar-refractivity contribution in [2.45, 2.75) is 26.4 Å². The normalized spacial score (nSPS) is 13.3. The van der Waals surface area contributed by atoms with Crippen molar-refractivity contribution in [1.29, 1.82) is 0 Å². The topological polar surface area (TPSA) is 105 Å². The Hall–Kier alpha value is -2.28. The number of benzene rings is 1. The van der Waals surface area contributed by atoms with Crippen molar-refractivity contribution in [2.24, 2.45) is 5.92 Å². The standard InChI is InChI=1S/C16H23NO6/c1-10(2)8-23-12-6-5-11(7-13(12)22-4)14(18)17-9-16(3,21)15(19)20/h5-7,10,21H,8-9H2,1-4H3,(H,17,18)(H,19,20). The molecule has 0 bridgehead atoms. The molecule has 0 spiro atoms. The number of hydrogen-bond acceptors (Lipinski definition) is 5. The van der Waals surface area contributed by atoms with Crippen molar-refractivity contribution in [2.75, 3.05) is 20.3 Å². The minimum absolute atomic E-state index is 0.278. The van der Waals surface area contributed by atoms with E-state index in [4.69, 9.17) is 14.6 Å². The van der Waals surface area contributed by atoms with E-state index in [0.29, 0.717) is 24.0 Å². The van der Waals surface area contributed by atoms with Gasteiger partial charge in [0.2, 0.25) is 0 Å². The Labute approximate surface area is 135 Å². The van der Waals surface area contributed by atoms with Gasteiger partial charge in [-0.2, -0.15) is 0 Å². The lowest BCUT2D eigenvalue weighted by molar-refractivity contribution is -0.155. The second-order valence-electron chi connectivity index (χ2n) is 5.83. The predicted molar refractivity (Wildman–Crippen MR) is 83.9 cm³/mol. The van der Waals surface area contributed by atoms with Crippen LogP contribution in [0.25, 0.3) is 0 Å². The maximum absolute atomic E-state index is 12.0. The molecule has 0 aliphatic rings. The fraction of sp³-hybridized carbons (Fsp3) is 0.500. The number of nitrogens with one attached hydrogen (secondary N) is 1. The quantitative estimate of drug-likeness (QED) is 0.665. The fourth-order valence-electron chi connectivity index (χ4n) is 1.61. The molecule has 1 aromatic carbocycles. The van der Waals surface area contributed by atoms with E-state index in [0.717, 1.165) is 6.92 Å². The zero-order chi connectivity index (χ0) is 17.6. The van der Waals surface area contributed by atoms with Gasteiger partial charge in [0.25, 0.3) is 5.91 Å². The van der Waals surface area contributed by atoms with Gasteiger partial charge in [-0.15, -0.1) is 0 Å². The van der Waals surface area contributed by atoms with Crippen LogP contribution in [0.3, 0.4) is 0 Å². The lowest BCUT2D eigenvalue weighted by Crippen LogP contribution is -2.46. The third-order valence-corrected chi connectivity index (χ3v) is 3.05. The van der Waals surface area contributed by atoms with Gasteiger partial charge in [-0.3, -0.25) is 4.79 Å². The molecule has 1 amide bonds. The number of methoxy groups -OCH3 is 1. The number of aliphatic hydroxyl groups is 1. The summed E-state index contributed by atoms with van der Waals surface area (Å²) in [6.07, 6.45) is 0. The van der Waals surface area contributed by atoms with E-state index in [-0.39, 0.29) is 5.56 Å². The highest BCUT2D eigenvalue weighted by Gasteiger charge is 2.30. The van der Waals surface area contributed by atoms with Crippen LogP contribution in [0, 0.1) is 5.92 Å². The van der Waals surface area contributed by atoms with Crippen LogP contribution in [-0.2, 0) is 4.79 Å². The van der Waals surface area contributed by atoms with Gasteiger partial charge in [0, 0.05) is 5.56 Å². The average molecular weight is 325 g/mol. The highest BCUT2D eigenvalue weighted by Crippen LogP contribution is 2.28. The lowest BCUT2D eigenvalue weighted by Gasteiger charge is -2.18. The number of carbonyl (C=O) groups excluding carboxylic acids is 1. The van der Waals surface area contributed by atoms with E-state index >= 15 is 0 Å². The summed E-state index contributed by atoms with van der Waals surface area (Å²) in [6.45, 7) is 5.25. The molecule has 0 saturated carbocycles. The van der Waals surface area contributed by atoms with Crippen molar-refractivity contribution in [3.8, 4) is 11.5 Å². The highest BCUT2D eigenvalue weighted by atomic mass is 16.5. The molecule has 1 atom stereocenters. The third kappa shape index (κ3) is 5.45. The van der Waals surface area contributed by atoms with Gasteiger partial charge >= 0.3 is 5.97 Å². The molecule has 1 rings (SSSR count). The second-order valence-corrected chi connectivity index (χ2v) is 5.83. The largest absolute Gasteiger partial charge is 0.493 e. The molecule has 0 aliphatic heterocycles. The second kappa shape index (κ2) is 7.82. The van der Waals surface area contributed by atoms with E-state index in [1.54, 1.807) is 12.1 Å². The number of aliphatic carboxylic acids is 1. The van der Waals surface area contributed by atoms with Crippen molar-refractivity contribution in [3.63, 3.8) is 0 Å². The Morgan fingerprint density at radius 3 is 2.48 bits per heavy atom. The molecule has 128 valence electrons. The van der Waals surface area contributed by atoms with Crippen molar-refractivity contribution < 1.29 is 29.3 Å². The predicted octanol–water partition coefficient (Wildman–Crippen LogP) is 1.30. The average Bonchev–Trinajstić information content (AvgIpc) is 2.50.